The second kappa shape index (κ2) is 17.4. The van der Waals surface area contributed by atoms with Gasteiger partial charge in [-0.3, -0.25) is 14.2 Å². The Morgan fingerprint density at radius 2 is 1.54 bits per heavy atom. The van der Waals surface area contributed by atoms with E-state index in [1.54, 1.807) is 12.1 Å². The number of nitrogens with zero attached hydrogens (tertiary/aromatic N) is 3. The molecule has 1 N–H and O–H groups in total. The topological polar surface area (TPSA) is 154 Å². The number of hydrogen-bond donors (Lipinski definition) is 1. The highest BCUT2D eigenvalue weighted by atomic mass is 16.6. The van der Waals surface area contributed by atoms with Gasteiger partial charge in [0.1, 0.15) is 11.8 Å². The number of carboxylic acid groups (broad SMARTS) is 1. The normalized spacial score (nSPS) is 15.1. The second-order valence-corrected chi connectivity index (χ2v) is 12.0. The van der Waals surface area contributed by atoms with Crippen LogP contribution in [0.25, 0.3) is 10.9 Å². The molecule has 2 heterocycles. The summed E-state index contributed by atoms with van der Waals surface area (Å²) < 4.78 is 17.1. The van der Waals surface area contributed by atoms with Gasteiger partial charge in [-0.2, -0.15) is 0 Å². The fourth-order valence-corrected chi connectivity index (χ4v) is 5.81. The average molecular weight is 664 g/mol. The van der Waals surface area contributed by atoms with Crippen molar-refractivity contribution in [1.29, 1.82) is 0 Å². The van der Waals surface area contributed by atoms with E-state index in [2.05, 4.69) is 11.9 Å². The highest BCUT2D eigenvalue weighted by molar-refractivity contribution is 6.19. The Bertz CT molecular complexity index is 1670. The summed E-state index contributed by atoms with van der Waals surface area (Å²) in [6.45, 7) is 3.72. The molecule has 1 saturated heterocycles. The molecule has 12 heteroatoms. The summed E-state index contributed by atoms with van der Waals surface area (Å²) in [5.74, 6) is -3.15. The summed E-state index contributed by atoms with van der Waals surface area (Å²) in [6.07, 6.45) is 11.4. The standard InChI is InChI=1S/C36H45N3O9/c1-4-5-6-7-8-9-10-11-12-13-14-17-22-47-35(44)25-20-21-29(46-3)28(23-25)39-33(41)30(48-36(39)45)31-37-27-19-16-15-18-26(27)32(40)38(31)24(2)34(42)43/h15-16,18-21,23-24,30H,4-14,17,22H2,1-3H3,(H,42,43). The Hall–Kier alpha value is -4.74. The van der Waals surface area contributed by atoms with Crippen LogP contribution < -0.4 is 15.2 Å². The van der Waals surface area contributed by atoms with Crippen LogP contribution in [0.4, 0.5) is 10.5 Å². The van der Waals surface area contributed by atoms with Crippen LogP contribution in [0.3, 0.4) is 0 Å². The lowest BCUT2D eigenvalue weighted by Crippen LogP contribution is -2.35. The van der Waals surface area contributed by atoms with Crippen molar-refractivity contribution in [3.63, 3.8) is 0 Å². The van der Waals surface area contributed by atoms with Crippen LogP contribution in [0.15, 0.2) is 47.3 Å². The molecule has 0 bridgehead atoms. The fraction of sp³-hybridized carbons (Fsp3) is 0.500. The number of hydrogen-bond acceptors (Lipinski definition) is 9. The molecule has 12 nitrogen and oxygen atoms in total. The van der Waals surface area contributed by atoms with E-state index in [1.165, 1.54) is 95.7 Å². The number of unbranched alkanes of at least 4 members (excludes halogenated alkanes) is 11. The van der Waals surface area contributed by atoms with Gasteiger partial charge in [0, 0.05) is 0 Å². The van der Waals surface area contributed by atoms with Crippen molar-refractivity contribution < 1.29 is 38.5 Å². The average Bonchev–Trinajstić information content (AvgIpc) is 3.38. The number of esters is 1. The van der Waals surface area contributed by atoms with Gasteiger partial charge in [0.15, 0.2) is 5.82 Å². The molecule has 1 aliphatic rings. The predicted octanol–water partition coefficient (Wildman–Crippen LogP) is 7.13. The van der Waals surface area contributed by atoms with Crippen LogP contribution in [0, 0.1) is 0 Å². The van der Waals surface area contributed by atoms with Gasteiger partial charge in [0.25, 0.3) is 11.5 Å². The lowest BCUT2D eigenvalue weighted by atomic mass is 10.1. The number of imide groups is 1. The van der Waals surface area contributed by atoms with E-state index in [-0.39, 0.29) is 40.3 Å². The third kappa shape index (κ3) is 8.59. The van der Waals surface area contributed by atoms with E-state index >= 15 is 0 Å². The van der Waals surface area contributed by atoms with E-state index < -0.39 is 41.6 Å². The molecule has 2 amide bonds. The summed E-state index contributed by atoms with van der Waals surface area (Å²) >= 11 is 0. The van der Waals surface area contributed by atoms with Crippen molar-refractivity contribution in [2.24, 2.45) is 0 Å². The first-order valence-electron chi connectivity index (χ1n) is 16.8. The number of ether oxygens (including phenoxy) is 3. The molecule has 2 atom stereocenters. The molecule has 2 unspecified atom stereocenters. The van der Waals surface area contributed by atoms with Crippen LogP contribution in [0.2, 0.25) is 0 Å². The van der Waals surface area contributed by atoms with Crippen molar-refractivity contribution in [3.8, 4) is 5.75 Å². The summed E-state index contributed by atoms with van der Waals surface area (Å²) in [7, 11) is 1.34. The second-order valence-electron chi connectivity index (χ2n) is 12.0. The fourth-order valence-electron chi connectivity index (χ4n) is 5.81. The van der Waals surface area contributed by atoms with Gasteiger partial charge in [-0.15, -0.1) is 0 Å². The number of aromatic nitrogens is 2. The first-order chi connectivity index (χ1) is 23.2. The highest BCUT2D eigenvalue weighted by Crippen LogP contribution is 2.37. The number of rotatable bonds is 19. The van der Waals surface area contributed by atoms with Gasteiger partial charge in [-0.05, 0) is 43.7 Å². The maximum Gasteiger partial charge on any atom is 0.422 e. The number of benzene rings is 2. The van der Waals surface area contributed by atoms with E-state index in [9.17, 15) is 29.1 Å². The first-order valence-corrected chi connectivity index (χ1v) is 16.8. The minimum absolute atomic E-state index is 0.0733. The SMILES string of the molecule is CCCCCCCCCCCCCCOC(=O)c1ccc(OC)c(N2C(=O)OC(c3nc4ccccc4c(=O)n3C(C)C(=O)O)C2=O)c1. The molecule has 4 rings (SSSR count). The molecule has 3 aromatic rings. The van der Waals surface area contributed by atoms with Crippen molar-refractivity contribution in [2.45, 2.75) is 103 Å². The van der Waals surface area contributed by atoms with Crippen molar-refractivity contribution in [2.75, 3.05) is 18.6 Å². The Kier molecular flexibility index (Phi) is 13.1. The lowest BCUT2D eigenvalue weighted by Gasteiger charge is -2.19. The molecule has 0 saturated carbocycles. The molecule has 1 aliphatic heterocycles. The summed E-state index contributed by atoms with van der Waals surface area (Å²) in [5, 5.41) is 9.86. The Morgan fingerprint density at radius 1 is 0.917 bits per heavy atom. The largest absolute Gasteiger partial charge is 0.495 e. The number of anilines is 1. The Morgan fingerprint density at radius 3 is 2.17 bits per heavy atom. The molecule has 0 radical (unpaired) electrons. The van der Waals surface area contributed by atoms with Crippen molar-refractivity contribution in [1.82, 2.24) is 9.55 Å². The number of carboxylic acids is 1. The van der Waals surface area contributed by atoms with Crippen molar-refractivity contribution >= 4 is 40.5 Å². The highest BCUT2D eigenvalue weighted by Gasteiger charge is 2.47. The molecule has 258 valence electrons. The summed E-state index contributed by atoms with van der Waals surface area (Å²) in [5.41, 5.74) is -0.489. The number of carbonyl (C=O) groups is 4. The number of aliphatic carboxylic acids is 1. The third-order valence-corrected chi connectivity index (χ3v) is 8.55. The Labute approximate surface area is 280 Å². The molecule has 0 spiro atoms. The van der Waals surface area contributed by atoms with E-state index in [0.29, 0.717) is 4.90 Å². The maximum atomic E-state index is 13.8. The number of amides is 2. The Balaban J connectivity index is 1.41. The van der Waals surface area contributed by atoms with Crippen LogP contribution in [0.1, 0.15) is 119 Å². The van der Waals surface area contributed by atoms with Crippen LogP contribution in [-0.2, 0) is 19.1 Å². The molecule has 1 fully saturated rings. The number of cyclic esters (lactones) is 1. The predicted molar refractivity (Wildman–Crippen MR) is 179 cm³/mol. The van der Waals surface area contributed by atoms with E-state index in [4.69, 9.17) is 14.2 Å². The summed E-state index contributed by atoms with van der Waals surface area (Å²) in [4.78, 5) is 70.2. The monoisotopic (exact) mass is 663 g/mol. The minimum atomic E-state index is -1.73. The zero-order valence-electron chi connectivity index (χ0n) is 27.9. The van der Waals surface area contributed by atoms with Gasteiger partial charge in [0.2, 0.25) is 6.10 Å². The van der Waals surface area contributed by atoms with Crippen LogP contribution in [-0.4, -0.2) is 52.3 Å². The zero-order valence-corrected chi connectivity index (χ0v) is 27.9. The molecule has 2 aromatic carbocycles. The number of para-hydroxylation sites is 1. The first kappa shape index (κ1) is 36.1. The number of carbonyl (C=O) groups excluding carboxylic acids is 3. The molecule has 48 heavy (non-hydrogen) atoms. The molecule has 0 aliphatic carbocycles. The van der Waals surface area contributed by atoms with Gasteiger partial charge < -0.3 is 19.3 Å². The minimum Gasteiger partial charge on any atom is -0.495 e. The van der Waals surface area contributed by atoms with E-state index in [0.717, 1.165) is 30.3 Å². The molecule has 1 aromatic heterocycles. The number of fused-ring (bicyclic) bond motifs is 1. The number of methoxy groups -OCH3 is 1. The molecular formula is C36H45N3O9. The summed E-state index contributed by atoms with van der Waals surface area (Å²) in [6, 6.07) is 9.02. The quantitative estimate of drug-likeness (QED) is 0.103. The van der Waals surface area contributed by atoms with Gasteiger partial charge in [-0.1, -0.05) is 89.7 Å². The smallest absolute Gasteiger partial charge is 0.422 e. The maximum absolute atomic E-state index is 13.8. The third-order valence-electron chi connectivity index (χ3n) is 8.55. The van der Waals surface area contributed by atoms with Gasteiger partial charge >= 0.3 is 18.0 Å². The van der Waals surface area contributed by atoms with Gasteiger partial charge in [0.05, 0.1) is 35.9 Å². The van der Waals surface area contributed by atoms with Crippen LogP contribution >= 0.6 is 0 Å². The molecular weight excluding hydrogens is 618 g/mol. The zero-order chi connectivity index (χ0) is 34.6. The van der Waals surface area contributed by atoms with E-state index in [1.807, 2.05) is 0 Å². The lowest BCUT2D eigenvalue weighted by molar-refractivity contribution is -0.140. The van der Waals surface area contributed by atoms with Gasteiger partial charge in [-0.25, -0.2) is 24.3 Å². The van der Waals surface area contributed by atoms with Crippen LogP contribution in [0.5, 0.6) is 5.75 Å². The van der Waals surface area contributed by atoms with Crippen molar-refractivity contribution in [3.05, 3.63) is 64.2 Å².